The Morgan fingerprint density at radius 1 is 1.06 bits per heavy atom. The molecule has 2 aromatic carbocycles. The first kappa shape index (κ1) is 20.2. The van der Waals surface area contributed by atoms with Crippen molar-refractivity contribution in [3.63, 3.8) is 0 Å². The van der Waals surface area contributed by atoms with E-state index >= 15 is 0 Å². The number of hydrogen-bond donors (Lipinski definition) is 2. The zero-order chi connectivity index (χ0) is 22.1. The van der Waals surface area contributed by atoms with E-state index in [9.17, 15) is 4.79 Å². The molecule has 2 aliphatic rings. The van der Waals surface area contributed by atoms with Crippen LogP contribution in [-0.2, 0) is 0 Å². The predicted molar refractivity (Wildman–Crippen MR) is 121 cm³/mol. The molecule has 0 bridgehead atoms. The van der Waals surface area contributed by atoms with Gasteiger partial charge in [0.2, 0.25) is 5.95 Å². The molecular formula is C24H25N5O3. The molecule has 32 heavy (non-hydrogen) atoms. The quantitative estimate of drug-likeness (QED) is 0.637. The Balaban J connectivity index is 1.51. The number of H-pyrrole nitrogens is 1. The molecule has 3 aromatic rings. The van der Waals surface area contributed by atoms with Gasteiger partial charge in [0.15, 0.2) is 11.5 Å². The molecule has 5 rings (SSSR count). The van der Waals surface area contributed by atoms with Crippen molar-refractivity contribution in [2.75, 3.05) is 19.5 Å². The van der Waals surface area contributed by atoms with Crippen molar-refractivity contribution in [3.05, 3.63) is 65.0 Å². The number of nitrogens with zero attached hydrogens (tertiary/aromatic N) is 3. The van der Waals surface area contributed by atoms with Gasteiger partial charge in [-0.15, -0.1) is 0 Å². The molecule has 1 saturated carbocycles. The molecule has 1 amide bonds. The zero-order valence-corrected chi connectivity index (χ0v) is 18.1. The van der Waals surface area contributed by atoms with Gasteiger partial charge in [0.05, 0.1) is 26.0 Å². The van der Waals surface area contributed by atoms with Crippen LogP contribution in [0.15, 0.2) is 47.7 Å². The lowest BCUT2D eigenvalue weighted by molar-refractivity contribution is 0.102. The monoisotopic (exact) mass is 431 g/mol. The molecule has 8 nitrogen and oxygen atoms in total. The number of ether oxygens (including phenoxy) is 2. The van der Waals surface area contributed by atoms with Gasteiger partial charge in [-0.1, -0.05) is 25.0 Å². The Hall–Kier alpha value is -3.68. The minimum atomic E-state index is -0.252. The van der Waals surface area contributed by atoms with E-state index in [4.69, 9.17) is 14.5 Å². The Labute approximate surface area is 186 Å². The van der Waals surface area contributed by atoms with Crippen molar-refractivity contribution in [2.24, 2.45) is 4.99 Å². The summed E-state index contributed by atoms with van der Waals surface area (Å²) in [4.78, 5) is 21.6. The van der Waals surface area contributed by atoms with Crippen molar-refractivity contribution in [2.45, 2.75) is 37.6 Å². The second kappa shape index (κ2) is 8.45. The first-order valence-electron chi connectivity index (χ1n) is 10.8. The Morgan fingerprint density at radius 3 is 2.53 bits per heavy atom. The summed E-state index contributed by atoms with van der Waals surface area (Å²) in [6.45, 7) is 0. The third kappa shape index (κ3) is 3.62. The highest BCUT2D eigenvalue weighted by Gasteiger charge is 2.34. The summed E-state index contributed by atoms with van der Waals surface area (Å²) in [6, 6.07) is 11.9. The number of carbonyl (C=O) groups is 1. The Morgan fingerprint density at radius 2 is 1.81 bits per heavy atom. The molecule has 0 spiro atoms. The van der Waals surface area contributed by atoms with E-state index in [1.165, 1.54) is 24.7 Å². The van der Waals surface area contributed by atoms with Crippen LogP contribution in [0.1, 0.15) is 58.6 Å². The second-order valence-corrected chi connectivity index (χ2v) is 8.10. The van der Waals surface area contributed by atoms with Crippen LogP contribution in [0.3, 0.4) is 0 Å². The van der Waals surface area contributed by atoms with Gasteiger partial charge in [0, 0.05) is 22.6 Å². The lowest BCUT2D eigenvalue weighted by Gasteiger charge is -2.35. The molecule has 0 unspecified atom stereocenters. The maximum absolute atomic E-state index is 12.5. The van der Waals surface area contributed by atoms with Crippen LogP contribution in [0.5, 0.6) is 11.5 Å². The third-order valence-electron chi connectivity index (χ3n) is 6.30. The third-order valence-corrected chi connectivity index (χ3v) is 6.30. The lowest BCUT2D eigenvalue weighted by atomic mass is 9.75. The fraction of sp³-hybridized carbons (Fsp3) is 0.333. The fourth-order valence-corrected chi connectivity index (χ4v) is 4.73. The topological polar surface area (TPSA) is 101 Å². The van der Waals surface area contributed by atoms with Crippen LogP contribution < -0.4 is 14.8 Å². The van der Waals surface area contributed by atoms with E-state index in [0.29, 0.717) is 23.2 Å². The van der Waals surface area contributed by atoms with Gasteiger partial charge < -0.3 is 9.47 Å². The van der Waals surface area contributed by atoms with Crippen molar-refractivity contribution >= 4 is 17.6 Å². The van der Waals surface area contributed by atoms with E-state index < -0.39 is 0 Å². The summed E-state index contributed by atoms with van der Waals surface area (Å²) in [5, 5.41) is 9.05. The number of carbonyl (C=O) groups excluding carboxylic acids is 1. The minimum absolute atomic E-state index is 0.252. The van der Waals surface area contributed by atoms with Gasteiger partial charge in [-0.25, -0.2) is 5.10 Å². The van der Waals surface area contributed by atoms with Crippen molar-refractivity contribution in [3.8, 4) is 11.5 Å². The Kier molecular flexibility index (Phi) is 5.34. The number of anilines is 1. The number of hydrogen-bond acceptors (Lipinski definition) is 6. The molecule has 8 heteroatoms. The van der Waals surface area contributed by atoms with Crippen LogP contribution in [-0.4, -0.2) is 47.1 Å². The maximum Gasteiger partial charge on any atom is 0.258 e. The highest BCUT2D eigenvalue weighted by molar-refractivity contribution is 6.15. The van der Waals surface area contributed by atoms with E-state index in [1.807, 2.05) is 18.2 Å². The Bertz CT molecular complexity index is 1160. The van der Waals surface area contributed by atoms with Crippen LogP contribution in [0.25, 0.3) is 0 Å². The standard InChI is InChI=1S/C24H25N5O3/c1-31-20-11-17-16-5-3-4-6-19(16)27-22(18(17)12-21(20)32-2)14-7-9-15(10-8-14)23(30)28-24-25-13-26-29-24/h7-13,16,19H,3-6H2,1-2H3,(H2,25,26,28,29,30)/t16-,19-/m1/s1. The molecule has 2 atom stereocenters. The summed E-state index contributed by atoms with van der Waals surface area (Å²) in [5.74, 6) is 1.90. The van der Waals surface area contributed by atoms with E-state index in [2.05, 4.69) is 26.6 Å². The molecule has 1 aromatic heterocycles. The molecule has 1 aliphatic heterocycles. The summed E-state index contributed by atoms with van der Waals surface area (Å²) >= 11 is 0. The van der Waals surface area contributed by atoms with E-state index in [-0.39, 0.29) is 11.9 Å². The van der Waals surface area contributed by atoms with Crippen molar-refractivity contribution in [1.29, 1.82) is 0 Å². The number of nitrogens with one attached hydrogen (secondary N) is 2. The molecule has 0 saturated heterocycles. The molecule has 164 valence electrons. The van der Waals surface area contributed by atoms with E-state index in [1.54, 1.807) is 26.4 Å². The van der Waals surface area contributed by atoms with Crippen LogP contribution in [0, 0.1) is 0 Å². The molecule has 1 fully saturated rings. The van der Waals surface area contributed by atoms with Gasteiger partial charge in [0.25, 0.3) is 5.91 Å². The number of benzene rings is 2. The van der Waals surface area contributed by atoms with Crippen LogP contribution in [0.4, 0.5) is 5.95 Å². The highest BCUT2D eigenvalue weighted by Crippen LogP contribution is 2.44. The first-order chi connectivity index (χ1) is 15.7. The number of methoxy groups -OCH3 is 2. The molecule has 2 heterocycles. The first-order valence-corrected chi connectivity index (χ1v) is 10.8. The van der Waals surface area contributed by atoms with Crippen molar-refractivity contribution < 1.29 is 14.3 Å². The SMILES string of the molecule is COc1cc2c(cc1OC)[C@H]1CCCC[C@H]1N=C2c1ccc(C(=O)Nc2ncn[nH]2)cc1. The maximum atomic E-state index is 12.5. The molecular weight excluding hydrogens is 406 g/mol. The van der Waals surface area contributed by atoms with Gasteiger partial charge in [-0.2, -0.15) is 10.1 Å². The number of aliphatic imine (C=N–C) groups is 1. The summed E-state index contributed by atoms with van der Waals surface area (Å²) in [7, 11) is 3.32. The summed E-state index contributed by atoms with van der Waals surface area (Å²) in [6.07, 6.45) is 5.97. The van der Waals surface area contributed by atoms with E-state index in [0.717, 1.165) is 35.4 Å². The number of aromatic nitrogens is 3. The van der Waals surface area contributed by atoms with Crippen molar-refractivity contribution in [1.82, 2.24) is 15.2 Å². The predicted octanol–water partition coefficient (Wildman–Crippen LogP) is 3.95. The van der Waals surface area contributed by atoms with Gasteiger partial charge in [0.1, 0.15) is 6.33 Å². The molecule has 2 N–H and O–H groups in total. The number of fused-ring (bicyclic) bond motifs is 3. The number of aromatic amines is 1. The highest BCUT2D eigenvalue weighted by atomic mass is 16.5. The van der Waals surface area contributed by atoms with Gasteiger partial charge in [-0.05, 0) is 42.7 Å². The minimum Gasteiger partial charge on any atom is -0.493 e. The number of amides is 1. The fourth-order valence-electron chi connectivity index (χ4n) is 4.73. The largest absolute Gasteiger partial charge is 0.493 e. The smallest absolute Gasteiger partial charge is 0.258 e. The lowest BCUT2D eigenvalue weighted by Crippen LogP contribution is -2.29. The summed E-state index contributed by atoms with van der Waals surface area (Å²) in [5.41, 5.74) is 4.78. The zero-order valence-electron chi connectivity index (χ0n) is 18.1. The normalized spacial score (nSPS) is 19.4. The average Bonchev–Trinajstić information content (AvgIpc) is 3.35. The van der Waals surface area contributed by atoms with Gasteiger partial charge >= 0.3 is 0 Å². The van der Waals surface area contributed by atoms with Gasteiger partial charge in [-0.3, -0.25) is 15.1 Å². The van der Waals surface area contributed by atoms with Crippen LogP contribution >= 0.6 is 0 Å². The molecule has 0 radical (unpaired) electrons. The number of rotatable bonds is 5. The molecule has 1 aliphatic carbocycles. The summed E-state index contributed by atoms with van der Waals surface area (Å²) < 4.78 is 11.2. The second-order valence-electron chi connectivity index (χ2n) is 8.10. The van der Waals surface area contributed by atoms with Crippen LogP contribution in [0.2, 0.25) is 0 Å². The average molecular weight is 431 g/mol.